The number of carboxylic acids is 1. The van der Waals surface area contributed by atoms with Crippen molar-refractivity contribution >= 4 is 5.97 Å². The molecule has 4 nitrogen and oxygen atoms in total. The van der Waals surface area contributed by atoms with Crippen LogP contribution in [0.3, 0.4) is 0 Å². The molecule has 1 N–H and O–H groups in total. The molecular weight excluding hydrogens is 182 g/mol. The summed E-state index contributed by atoms with van der Waals surface area (Å²) in [6, 6.07) is 3.71. The summed E-state index contributed by atoms with van der Waals surface area (Å²) in [4.78, 5) is 14.6. The lowest BCUT2D eigenvalue weighted by Crippen LogP contribution is -2.48. The number of carbonyl (C=O) groups is 1. The molecule has 0 amide bonds. The highest BCUT2D eigenvalue weighted by Gasteiger charge is 2.42. The third kappa shape index (κ3) is 1.48. The van der Waals surface area contributed by atoms with Crippen molar-refractivity contribution in [3.8, 4) is 0 Å². The van der Waals surface area contributed by atoms with Crippen LogP contribution in [0.2, 0.25) is 0 Å². The lowest BCUT2D eigenvalue weighted by atomic mass is 9.76. The Morgan fingerprint density at radius 2 is 2.14 bits per heavy atom. The van der Waals surface area contributed by atoms with Crippen LogP contribution in [0.25, 0.3) is 0 Å². The summed E-state index contributed by atoms with van der Waals surface area (Å²) < 4.78 is 5.11. The predicted molar refractivity (Wildman–Crippen MR) is 49.0 cm³/mol. The van der Waals surface area contributed by atoms with Gasteiger partial charge in [0.1, 0.15) is 0 Å². The molecule has 0 unspecified atom stereocenters. The van der Waals surface area contributed by atoms with Gasteiger partial charge in [-0.25, -0.2) is 0 Å². The maximum absolute atomic E-state index is 10.7. The van der Waals surface area contributed by atoms with Gasteiger partial charge in [0, 0.05) is 12.4 Å². The van der Waals surface area contributed by atoms with Crippen LogP contribution >= 0.6 is 0 Å². The predicted octanol–water partition coefficient (Wildman–Crippen LogP) is 0.824. The van der Waals surface area contributed by atoms with Gasteiger partial charge in [0.2, 0.25) is 0 Å². The number of hydrogen-bond acceptors (Lipinski definition) is 3. The molecule has 0 saturated carbocycles. The fraction of sp³-hybridized carbons (Fsp3) is 0.400. The molecule has 0 atom stereocenters. The fourth-order valence-corrected chi connectivity index (χ4v) is 1.71. The largest absolute Gasteiger partial charge is 0.481 e. The Balaban J connectivity index is 2.25. The van der Waals surface area contributed by atoms with E-state index in [9.17, 15) is 4.79 Å². The molecule has 4 heteroatoms. The molecule has 0 bridgehead atoms. The second-order valence-corrected chi connectivity index (χ2v) is 3.58. The highest BCUT2D eigenvalue weighted by Crippen LogP contribution is 2.35. The minimum atomic E-state index is -0.787. The van der Waals surface area contributed by atoms with E-state index in [2.05, 4.69) is 4.98 Å². The first kappa shape index (κ1) is 9.15. The Bertz CT molecular complexity index is 332. The van der Waals surface area contributed by atoms with Crippen molar-refractivity contribution in [1.29, 1.82) is 0 Å². The smallest absolute Gasteiger partial charge is 0.304 e. The quantitative estimate of drug-likeness (QED) is 0.772. The van der Waals surface area contributed by atoms with Gasteiger partial charge in [-0.05, 0) is 17.7 Å². The molecule has 1 fully saturated rings. The van der Waals surface area contributed by atoms with Gasteiger partial charge >= 0.3 is 5.97 Å². The Hall–Kier alpha value is -1.42. The molecule has 1 aliphatic rings. The summed E-state index contributed by atoms with van der Waals surface area (Å²) in [5.74, 6) is -0.787. The average molecular weight is 193 g/mol. The Kier molecular flexibility index (Phi) is 2.21. The second kappa shape index (κ2) is 3.38. The number of ether oxygens (including phenoxy) is 1. The van der Waals surface area contributed by atoms with E-state index in [4.69, 9.17) is 9.84 Å². The van der Waals surface area contributed by atoms with E-state index < -0.39 is 5.97 Å². The first-order valence-electron chi connectivity index (χ1n) is 4.43. The van der Waals surface area contributed by atoms with Crippen molar-refractivity contribution in [2.24, 2.45) is 0 Å². The van der Waals surface area contributed by atoms with Crippen LogP contribution in [0.5, 0.6) is 0 Å². The zero-order valence-electron chi connectivity index (χ0n) is 7.64. The highest BCUT2D eigenvalue weighted by atomic mass is 16.5. The van der Waals surface area contributed by atoms with Crippen LogP contribution in [0.15, 0.2) is 24.5 Å². The van der Waals surface area contributed by atoms with Gasteiger partial charge in [-0.15, -0.1) is 0 Å². The molecule has 1 saturated heterocycles. The molecule has 1 aromatic rings. The fourth-order valence-electron chi connectivity index (χ4n) is 1.71. The molecule has 0 aromatic carbocycles. The molecule has 0 spiro atoms. The van der Waals surface area contributed by atoms with E-state index in [1.54, 1.807) is 12.4 Å². The molecule has 1 aromatic heterocycles. The van der Waals surface area contributed by atoms with Crippen LogP contribution in [0.4, 0.5) is 0 Å². The Morgan fingerprint density at radius 1 is 1.50 bits per heavy atom. The zero-order valence-corrected chi connectivity index (χ0v) is 7.64. The minimum Gasteiger partial charge on any atom is -0.481 e. The molecule has 0 aliphatic carbocycles. The second-order valence-electron chi connectivity index (χ2n) is 3.58. The van der Waals surface area contributed by atoms with Gasteiger partial charge < -0.3 is 9.84 Å². The van der Waals surface area contributed by atoms with Crippen LogP contribution in [-0.2, 0) is 14.9 Å². The molecule has 2 rings (SSSR count). The first-order valence-corrected chi connectivity index (χ1v) is 4.43. The van der Waals surface area contributed by atoms with E-state index in [0.717, 1.165) is 5.56 Å². The number of nitrogens with zero attached hydrogens (tertiary/aromatic N) is 1. The first-order chi connectivity index (χ1) is 6.73. The molecule has 1 aliphatic heterocycles. The van der Waals surface area contributed by atoms with Crippen molar-refractivity contribution < 1.29 is 14.6 Å². The van der Waals surface area contributed by atoms with Crippen LogP contribution in [-0.4, -0.2) is 29.3 Å². The van der Waals surface area contributed by atoms with Crippen molar-refractivity contribution in [3.05, 3.63) is 30.1 Å². The molecule has 2 heterocycles. The van der Waals surface area contributed by atoms with Gasteiger partial charge in [-0.3, -0.25) is 9.78 Å². The van der Waals surface area contributed by atoms with Gasteiger partial charge in [0.05, 0.1) is 25.0 Å². The molecule has 14 heavy (non-hydrogen) atoms. The van der Waals surface area contributed by atoms with Gasteiger partial charge in [0.25, 0.3) is 0 Å². The van der Waals surface area contributed by atoms with Crippen molar-refractivity contribution in [2.75, 3.05) is 13.2 Å². The summed E-state index contributed by atoms with van der Waals surface area (Å²) >= 11 is 0. The maximum atomic E-state index is 10.7. The van der Waals surface area contributed by atoms with Crippen LogP contribution in [0.1, 0.15) is 12.0 Å². The number of carboxylic acid groups (broad SMARTS) is 1. The van der Waals surface area contributed by atoms with E-state index in [0.29, 0.717) is 13.2 Å². The third-order valence-electron chi connectivity index (χ3n) is 2.54. The monoisotopic (exact) mass is 193 g/mol. The van der Waals surface area contributed by atoms with Crippen molar-refractivity contribution in [2.45, 2.75) is 11.8 Å². The van der Waals surface area contributed by atoms with Crippen LogP contribution < -0.4 is 0 Å². The summed E-state index contributed by atoms with van der Waals surface area (Å²) in [6.45, 7) is 0.979. The third-order valence-corrected chi connectivity index (χ3v) is 2.54. The van der Waals surface area contributed by atoms with Gasteiger partial charge in [0.15, 0.2) is 0 Å². The normalized spacial score (nSPS) is 18.6. The van der Waals surface area contributed by atoms with Gasteiger partial charge in [-0.2, -0.15) is 0 Å². The van der Waals surface area contributed by atoms with E-state index >= 15 is 0 Å². The number of aromatic nitrogens is 1. The van der Waals surface area contributed by atoms with Gasteiger partial charge in [-0.1, -0.05) is 0 Å². The zero-order chi connectivity index (χ0) is 10.0. The lowest BCUT2D eigenvalue weighted by Gasteiger charge is -2.40. The molecule has 0 radical (unpaired) electrons. The summed E-state index contributed by atoms with van der Waals surface area (Å²) in [6.07, 6.45) is 3.48. The average Bonchev–Trinajstić information content (AvgIpc) is 2.12. The highest BCUT2D eigenvalue weighted by molar-refractivity contribution is 5.69. The Morgan fingerprint density at radius 3 is 2.57 bits per heavy atom. The Labute approximate surface area is 81.5 Å². The minimum absolute atomic E-state index is 0.122. The number of pyridine rings is 1. The van der Waals surface area contributed by atoms with E-state index in [1.165, 1.54) is 0 Å². The number of aliphatic carboxylic acids is 1. The lowest BCUT2D eigenvalue weighted by molar-refractivity contribution is -0.145. The van der Waals surface area contributed by atoms with Crippen LogP contribution in [0, 0.1) is 0 Å². The standard InChI is InChI=1S/C10H11NO3/c12-9(13)5-10(6-14-7-10)8-1-3-11-4-2-8/h1-4H,5-7H2,(H,12,13). The summed E-state index contributed by atoms with van der Waals surface area (Å²) in [5, 5.41) is 8.80. The summed E-state index contributed by atoms with van der Waals surface area (Å²) in [5.41, 5.74) is 0.676. The SMILES string of the molecule is O=C(O)CC1(c2ccncc2)COC1. The summed E-state index contributed by atoms with van der Waals surface area (Å²) in [7, 11) is 0. The molecule has 74 valence electrons. The van der Waals surface area contributed by atoms with E-state index in [-0.39, 0.29) is 11.8 Å². The topological polar surface area (TPSA) is 59.4 Å². The van der Waals surface area contributed by atoms with E-state index in [1.807, 2.05) is 12.1 Å². The number of rotatable bonds is 3. The maximum Gasteiger partial charge on any atom is 0.304 e. The van der Waals surface area contributed by atoms with Crippen molar-refractivity contribution in [3.63, 3.8) is 0 Å². The molecular formula is C10H11NO3. The van der Waals surface area contributed by atoms with Crippen molar-refractivity contribution in [1.82, 2.24) is 4.98 Å². The number of hydrogen-bond donors (Lipinski definition) is 1.